The van der Waals surface area contributed by atoms with Gasteiger partial charge in [-0.3, -0.25) is 0 Å². The van der Waals surface area contributed by atoms with Gasteiger partial charge in [-0.2, -0.15) is 0 Å². The minimum atomic E-state index is -0.381. The lowest BCUT2D eigenvalue weighted by molar-refractivity contribution is 0.311. The van der Waals surface area contributed by atoms with Gasteiger partial charge in [0.15, 0.2) is 11.5 Å². The summed E-state index contributed by atoms with van der Waals surface area (Å²) in [5.41, 5.74) is 1.00. The molecular formula is C23H28BrFN4O2. The van der Waals surface area contributed by atoms with Crippen LogP contribution >= 0.6 is 15.9 Å². The third-order valence-corrected chi connectivity index (χ3v) is 5.54. The smallest absolute Gasteiger partial charge is 0.163 e. The van der Waals surface area contributed by atoms with E-state index >= 15 is 0 Å². The highest BCUT2D eigenvalue weighted by atomic mass is 79.9. The Hall–Kier alpha value is -2.45. The van der Waals surface area contributed by atoms with Crippen LogP contribution in [0.1, 0.15) is 26.7 Å². The molecule has 0 saturated carbocycles. The average Bonchev–Trinajstić information content (AvgIpc) is 3.30. The number of halogens is 2. The number of benzene rings is 2. The number of anilines is 2. The van der Waals surface area contributed by atoms with Crippen molar-refractivity contribution >= 4 is 38.3 Å². The molecule has 8 heteroatoms. The quantitative estimate of drug-likeness (QED) is 0.472. The molecule has 166 valence electrons. The number of methoxy groups -OCH3 is 1. The summed E-state index contributed by atoms with van der Waals surface area (Å²) >= 11 is 3.24. The summed E-state index contributed by atoms with van der Waals surface area (Å²) in [6.07, 6.45) is 4.27. The summed E-state index contributed by atoms with van der Waals surface area (Å²) in [6, 6.07) is 8.34. The number of likely N-dealkylation sites (tertiary alicyclic amines) is 1. The highest BCUT2D eigenvalue weighted by Crippen LogP contribution is 2.35. The van der Waals surface area contributed by atoms with E-state index in [4.69, 9.17) is 9.47 Å². The molecule has 0 bridgehead atoms. The van der Waals surface area contributed by atoms with E-state index in [1.807, 2.05) is 6.92 Å². The molecule has 2 heterocycles. The third kappa shape index (κ3) is 6.04. The van der Waals surface area contributed by atoms with Gasteiger partial charge in [-0.25, -0.2) is 14.4 Å². The van der Waals surface area contributed by atoms with E-state index in [9.17, 15) is 4.39 Å². The van der Waals surface area contributed by atoms with Crippen LogP contribution in [0.3, 0.4) is 0 Å². The van der Waals surface area contributed by atoms with Gasteiger partial charge in [0.05, 0.1) is 24.9 Å². The van der Waals surface area contributed by atoms with Gasteiger partial charge in [0.1, 0.15) is 18.0 Å². The van der Waals surface area contributed by atoms with Crippen LogP contribution in [0.25, 0.3) is 10.9 Å². The first-order valence-electron chi connectivity index (χ1n) is 10.5. The van der Waals surface area contributed by atoms with Crippen molar-refractivity contribution in [3.05, 3.63) is 46.9 Å². The summed E-state index contributed by atoms with van der Waals surface area (Å²) in [6.45, 7) is 8.58. The monoisotopic (exact) mass is 490 g/mol. The molecule has 0 atom stereocenters. The fourth-order valence-corrected chi connectivity index (χ4v) is 3.74. The van der Waals surface area contributed by atoms with Gasteiger partial charge in [0.2, 0.25) is 0 Å². The molecule has 0 unspecified atom stereocenters. The molecule has 0 spiro atoms. The number of nitrogens with zero attached hydrogens (tertiary/aromatic N) is 3. The largest absolute Gasteiger partial charge is 0.493 e. The van der Waals surface area contributed by atoms with Gasteiger partial charge < -0.3 is 19.7 Å². The summed E-state index contributed by atoms with van der Waals surface area (Å²) in [7, 11) is 1.56. The Bertz CT molecular complexity index is 1010. The molecule has 1 aromatic heterocycles. The second kappa shape index (κ2) is 11.2. The highest BCUT2D eigenvalue weighted by molar-refractivity contribution is 9.10. The molecule has 2 aromatic carbocycles. The summed E-state index contributed by atoms with van der Waals surface area (Å²) in [5.74, 6) is 1.28. The standard InChI is InChI=1S/C17H15BrFN3O2.C6H13N/c1-3-24-16-8-14-11(7-15(16)23-2)17(21-9-20-14)22-13-5-4-10(18)6-12(13)19;1-2-7-5-3-4-6-7/h4-9H,3H2,1-2H3,(H,20,21,22);2-6H2,1H3. The number of nitrogens with one attached hydrogen (secondary N) is 1. The molecule has 1 aliphatic heterocycles. The van der Waals surface area contributed by atoms with Gasteiger partial charge in [-0.15, -0.1) is 0 Å². The number of fused-ring (bicyclic) bond motifs is 1. The zero-order valence-corrected chi connectivity index (χ0v) is 19.7. The fourth-order valence-electron chi connectivity index (χ4n) is 3.41. The van der Waals surface area contributed by atoms with E-state index in [-0.39, 0.29) is 5.82 Å². The number of aromatic nitrogens is 2. The lowest BCUT2D eigenvalue weighted by Gasteiger charge is -2.13. The van der Waals surface area contributed by atoms with E-state index < -0.39 is 0 Å². The van der Waals surface area contributed by atoms with Crippen LogP contribution in [0.4, 0.5) is 15.9 Å². The van der Waals surface area contributed by atoms with Gasteiger partial charge in [0, 0.05) is 15.9 Å². The van der Waals surface area contributed by atoms with Gasteiger partial charge >= 0.3 is 0 Å². The Morgan fingerprint density at radius 1 is 1.10 bits per heavy atom. The lowest BCUT2D eigenvalue weighted by Crippen LogP contribution is -2.17. The summed E-state index contributed by atoms with van der Waals surface area (Å²) < 4.78 is 25.7. The second-order valence-corrected chi connectivity index (χ2v) is 7.98. The minimum absolute atomic E-state index is 0.325. The van der Waals surface area contributed by atoms with Gasteiger partial charge in [-0.05, 0) is 63.7 Å². The average molecular weight is 491 g/mol. The fraction of sp³-hybridized carbons (Fsp3) is 0.391. The van der Waals surface area contributed by atoms with Crippen molar-refractivity contribution in [3.8, 4) is 11.5 Å². The molecular weight excluding hydrogens is 463 g/mol. The first-order valence-corrected chi connectivity index (χ1v) is 11.2. The minimum Gasteiger partial charge on any atom is -0.493 e. The SMILES string of the molecule is CCN1CCCC1.CCOc1cc2ncnc(Nc3ccc(Br)cc3F)c2cc1OC. The van der Waals surface area contributed by atoms with Crippen LogP contribution in [0.2, 0.25) is 0 Å². The predicted octanol–water partition coefficient (Wildman–Crippen LogP) is 5.78. The number of rotatable bonds is 6. The molecule has 1 fully saturated rings. The van der Waals surface area contributed by atoms with Crippen molar-refractivity contribution in [3.63, 3.8) is 0 Å². The molecule has 31 heavy (non-hydrogen) atoms. The van der Waals surface area contributed by atoms with Crippen LogP contribution < -0.4 is 14.8 Å². The van der Waals surface area contributed by atoms with Crippen molar-refractivity contribution in [2.24, 2.45) is 0 Å². The van der Waals surface area contributed by atoms with Crippen molar-refractivity contribution in [1.82, 2.24) is 14.9 Å². The number of ether oxygens (including phenoxy) is 2. The maximum absolute atomic E-state index is 14.1. The molecule has 3 aromatic rings. The van der Waals surface area contributed by atoms with Crippen LogP contribution in [0.5, 0.6) is 11.5 Å². The Labute approximate surface area is 190 Å². The third-order valence-electron chi connectivity index (χ3n) is 5.05. The lowest BCUT2D eigenvalue weighted by atomic mass is 10.2. The zero-order chi connectivity index (χ0) is 22.2. The summed E-state index contributed by atoms with van der Waals surface area (Å²) in [5, 5.41) is 3.71. The highest BCUT2D eigenvalue weighted by Gasteiger charge is 2.13. The Morgan fingerprint density at radius 2 is 1.87 bits per heavy atom. The Morgan fingerprint density at radius 3 is 2.48 bits per heavy atom. The molecule has 6 nitrogen and oxygen atoms in total. The van der Waals surface area contributed by atoms with Crippen LogP contribution in [0, 0.1) is 5.82 Å². The predicted molar refractivity (Wildman–Crippen MR) is 126 cm³/mol. The molecule has 4 rings (SSSR count). The maximum Gasteiger partial charge on any atom is 0.163 e. The maximum atomic E-state index is 14.1. The van der Waals surface area contributed by atoms with Crippen molar-refractivity contribution in [2.45, 2.75) is 26.7 Å². The van der Waals surface area contributed by atoms with Gasteiger partial charge in [-0.1, -0.05) is 22.9 Å². The van der Waals surface area contributed by atoms with Gasteiger partial charge in [0.25, 0.3) is 0 Å². The van der Waals surface area contributed by atoms with Crippen molar-refractivity contribution in [1.29, 1.82) is 0 Å². The number of hydrogen-bond acceptors (Lipinski definition) is 6. The molecule has 1 saturated heterocycles. The van der Waals surface area contributed by atoms with E-state index in [1.165, 1.54) is 44.9 Å². The second-order valence-electron chi connectivity index (χ2n) is 7.07. The van der Waals surface area contributed by atoms with Crippen molar-refractivity contribution in [2.75, 3.05) is 38.7 Å². The Kier molecular flexibility index (Phi) is 8.43. The normalized spacial score (nSPS) is 13.6. The van der Waals surface area contributed by atoms with E-state index in [0.29, 0.717) is 45.0 Å². The summed E-state index contributed by atoms with van der Waals surface area (Å²) in [4.78, 5) is 11.0. The van der Waals surface area contributed by atoms with Crippen LogP contribution in [-0.2, 0) is 0 Å². The topological polar surface area (TPSA) is 59.5 Å². The first kappa shape index (κ1) is 23.2. The first-order chi connectivity index (χ1) is 15.0. The molecule has 0 amide bonds. The zero-order valence-electron chi connectivity index (χ0n) is 18.1. The molecule has 1 N–H and O–H groups in total. The van der Waals surface area contributed by atoms with Crippen LogP contribution in [0.15, 0.2) is 41.1 Å². The molecule has 1 aliphatic rings. The number of hydrogen-bond donors (Lipinski definition) is 1. The Balaban J connectivity index is 0.000000330. The van der Waals surface area contributed by atoms with E-state index in [1.54, 1.807) is 31.4 Å². The van der Waals surface area contributed by atoms with E-state index in [0.717, 1.165) is 0 Å². The molecule has 0 radical (unpaired) electrons. The van der Waals surface area contributed by atoms with Crippen molar-refractivity contribution < 1.29 is 13.9 Å². The van der Waals surface area contributed by atoms with E-state index in [2.05, 4.69) is 43.0 Å². The van der Waals surface area contributed by atoms with Crippen LogP contribution in [-0.4, -0.2) is 48.2 Å². The molecule has 0 aliphatic carbocycles.